The van der Waals surface area contributed by atoms with Crippen molar-refractivity contribution in [3.05, 3.63) is 30.3 Å². The fourth-order valence-electron chi connectivity index (χ4n) is 0.478. The first-order chi connectivity index (χ1) is 5.13. The van der Waals surface area contributed by atoms with E-state index >= 15 is 0 Å². The van der Waals surface area contributed by atoms with Crippen LogP contribution in [0.15, 0.2) is 30.3 Å². The van der Waals surface area contributed by atoms with E-state index in [1.54, 1.807) is 0 Å². The molecule has 4 heteroatoms. The van der Waals surface area contributed by atoms with Gasteiger partial charge in [0.2, 0.25) is 0 Å². The van der Waals surface area contributed by atoms with Crippen molar-refractivity contribution >= 4 is 9.04 Å². The van der Waals surface area contributed by atoms with Gasteiger partial charge >= 0.3 is 81.9 Å². The number of rotatable bonds is 0. The number of carboxylic acid groups (broad SMARTS) is 1. The fourth-order valence-corrected chi connectivity index (χ4v) is 1.54. The molecule has 0 amide bonds. The third kappa shape index (κ3) is 13.0. The molecule has 0 heterocycles. The van der Waals surface area contributed by atoms with Gasteiger partial charge in [-0.2, -0.15) is 0 Å². The van der Waals surface area contributed by atoms with Crippen LogP contribution in [0, 0.1) is 0 Å². The van der Waals surface area contributed by atoms with Crippen LogP contribution in [0.4, 0.5) is 0 Å². The molecule has 0 atom stereocenters. The summed E-state index contributed by atoms with van der Waals surface area (Å²) in [5, 5.41) is 8.89. The van der Waals surface area contributed by atoms with Gasteiger partial charge < -0.3 is 9.90 Å². The van der Waals surface area contributed by atoms with E-state index in [2.05, 4.69) is 30.3 Å². The van der Waals surface area contributed by atoms with Gasteiger partial charge in [-0.05, 0) is 6.92 Å². The molecule has 0 radical (unpaired) electrons. The molecule has 12 heavy (non-hydrogen) atoms. The third-order valence-electron chi connectivity index (χ3n) is 0.843. The Hall–Kier alpha value is 0.365. The van der Waals surface area contributed by atoms with E-state index in [1.807, 2.05) is 0 Å². The summed E-state index contributed by atoms with van der Waals surface area (Å²) in [5.74, 6) is -1.08. The Morgan fingerprint density at radius 3 is 1.83 bits per heavy atom. The van der Waals surface area contributed by atoms with Crippen LogP contribution in [-0.4, -0.2) is 5.97 Å². The topological polar surface area (TPSA) is 40.1 Å². The number of hydrogen-bond acceptors (Lipinski definition) is 2. The van der Waals surface area contributed by atoms with E-state index in [0.717, 1.165) is 33.0 Å². The molecule has 1 aromatic carbocycles. The molecule has 0 saturated carbocycles. The quantitative estimate of drug-likeness (QED) is 0.512. The van der Waals surface area contributed by atoms with Crippen molar-refractivity contribution in [2.45, 2.75) is 6.92 Å². The van der Waals surface area contributed by atoms with E-state index < -0.39 is 5.97 Å². The molecule has 65 valence electrons. The Labute approximate surface area is 104 Å². The molecule has 0 aliphatic rings. The third-order valence-corrected chi connectivity index (χ3v) is 2.68. The van der Waals surface area contributed by atoms with Crippen molar-refractivity contribution in [1.82, 2.24) is 0 Å². The summed E-state index contributed by atoms with van der Waals surface area (Å²) in [6.45, 7) is 0.972. The van der Waals surface area contributed by atoms with Crippen molar-refractivity contribution in [1.29, 1.82) is 0 Å². The van der Waals surface area contributed by atoms with Crippen LogP contribution >= 0.6 is 0 Å². The normalized spacial score (nSPS) is 7.25. The molecule has 0 aliphatic carbocycles. The molecule has 0 spiro atoms. The van der Waals surface area contributed by atoms with Gasteiger partial charge in [0.05, 0.1) is 0 Å². The predicted molar refractivity (Wildman–Crippen MR) is 36.8 cm³/mol. The van der Waals surface area contributed by atoms with Gasteiger partial charge in [0.15, 0.2) is 0 Å². The molecule has 0 aliphatic heterocycles. The maximum absolute atomic E-state index is 8.89. The summed E-state index contributed by atoms with van der Waals surface area (Å²) in [6, 6.07) is 10.6. The van der Waals surface area contributed by atoms with Gasteiger partial charge in [-0.1, -0.05) is 0 Å². The van der Waals surface area contributed by atoms with Crippen LogP contribution in [-0.2, 0) is 53.3 Å². The van der Waals surface area contributed by atoms with Gasteiger partial charge in [0.25, 0.3) is 0 Å². The van der Waals surface area contributed by atoms with Crippen LogP contribution in [0.2, 0.25) is 0 Å². The first-order valence-electron chi connectivity index (χ1n) is 3.17. The summed E-state index contributed by atoms with van der Waals surface area (Å²) < 4.78 is 1.52. The summed E-state index contributed by atoms with van der Waals surface area (Å²) >= 11 is 0.810. The molecule has 0 N–H and O–H groups in total. The number of benzene rings is 1. The van der Waals surface area contributed by atoms with Crippen LogP contribution in [0.5, 0.6) is 0 Å². The summed E-state index contributed by atoms with van der Waals surface area (Å²) in [5.41, 5.74) is 0. The summed E-state index contributed by atoms with van der Waals surface area (Å²) in [4.78, 5) is 8.89. The molecular formula is C8H8AgHgO2. The Morgan fingerprint density at radius 2 is 1.67 bits per heavy atom. The molecule has 0 saturated heterocycles. The average Bonchev–Trinajstić information content (AvgIpc) is 1.87. The van der Waals surface area contributed by atoms with Crippen molar-refractivity contribution < 1.29 is 58.4 Å². The van der Waals surface area contributed by atoms with E-state index in [4.69, 9.17) is 9.90 Å². The van der Waals surface area contributed by atoms with E-state index in [-0.39, 0.29) is 22.4 Å². The second-order valence-electron chi connectivity index (χ2n) is 1.98. The number of carbonyl (C=O) groups excluding carboxylic acids is 1. The van der Waals surface area contributed by atoms with Crippen molar-refractivity contribution in [2.24, 2.45) is 0 Å². The summed E-state index contributed by atoms with van der Waals surface area (Å²) in [7, 11) is 0. The fraction of sp³-hybridized carbons (Fsp3) is 0.125. The van der Waals surface area contributed by atoms with E-state index in [0.29, 0.717) is 0 Å². The number of aliphatic carboxylic acids is 1. The number of hydrogen-bond donors (Lipinski definition) is 0. The van der Waals surface area contributed by atoms with E-state index in [1.165, 1.54) is 3.07 Å². The molecular weight excluding hydrogens is 437 g/mol. The molecule has 1 aromatic rings. The van der Waals surface area contributed by atoms with Gasteiger partial charge in [0.1, 0.15) is 0 Å². The predicted octanol–water partition coefficient (Wildman–Crippen LogP) is -0.388. The molecule has 0 bridgehead atoms. The standard InChI is InChI=1S/C6H5.C2H4O2.Ag.Hg/c1-2-4-6-5-3-1;1-2(3)4;;/h1-5H;1H3,(H,3,4);;/q;;+1;/p-1. The number of carbonyl (C=O) groups is 1. The minimum absolute atomic E-state index is 0. The SMILES string of the molecule is CC(=O)[O-].[Ag+].[Hg][c]1ccccc1. The van der Waals surface area contributed by atoms with Crippen LogP contribution in [0.1, 0.15) is 6.92 Å². The second-order valence-corrected chi connectivity index (χ2v) is 5.15. The van der Waals surface area contributed by atoms with Gasteiger partial charge in [-0.15, -0.1) is 0 Å². The second kappa shape index (κ2) is 9.45. The first-order valence-corrected chi connectivity index (χ1v) is 5.92. The molecule has 2 nitrogen and oxygen atoms in total. The molecule has 0 unspecified atom stereocenters. The molecule has 0 aromatic heterocycles. The van der Waals surface area contributed by atoms with Crippen LogP contribution in [0.3, 0.4) is 0 Å². The average molecular weight is 445 g/mol. The number of carboxylic acids is 1. The Kier molecular flexibility index (Phi) is 11.7. The van der Waals surface area contributed by atoms with Crippen molar-refractivity contribution in [3.8, 4) is 0 Å². The zero-order chi connectivity index (χ0) is 8.69. The molecule has 1 rings (SSSR count). The van der Waals surface area contributed by atoms with Gasteiger partial charge in [-0.25, -0.2) is 0 Å². The monoisotopic (exact) mass is 445 g/mol. The maximum atomic E-state index is 8.89. The Morgan fingerprint density at radius 1 is 1.33 bits per heavy atom. The first kappa shape index (κ1) is 14.9. The minimum atomic E-state index is -1.08. The van der Waals surface area contributed by atoms with Crippen molar-refractivity contribution in [2.75, 3.05) is 0 Å². The van der Waals surface area contributed by atoms with Crippen LogP contribution in [0.25, 0.3) is 0 Å². The zero-order valence-electron chi connectivity index (χ0n) is 6.71. The van der Waals surface area contributed by atoms with Crippen molar-refractivity contribution in [3.63, 3.8) is 0 Å². The molecule has 0 fully saturated rings. The Balaban J connectivity index is 0. The summed E-state index contributed by atoms with van der Waals surface area (Å²) in [6.07, 6.45) is 0. The Bertz CT molecular complexity index is 210. The zero-order valence-corrected chi connectivity index (χ0v) is 13.7. The van der Waals surface area contributed by atoms with E-state index in [9.17, 15) is 0 Å². The van der Waals surface area contributed by atoms with Gasteiger partial charge in [0, 0.05) is 5.97 Å². The van der Waals surface area contributed by atoms with Gasteiger partial charge in [-0.3, -0.25) is 0 Å². The van der Waals surface area contributed by atoms with Crippen LogP contribution < -0.4 is 8.18 Å².